The quantitative estimate of drug-likeness (QED) is 0.280. The number of anilines is 1. The maximum absolute atomic E-state index is 15.0. The molecule has 8 heteroatoms. The topological polar surface area (TPSA) is 91.0 Å². The molecular formula is C32H30FN5O2. The lowest BCUT2D eigenvalue weighted by atomic mass is 9.95. The third-order valence-corrected chi connectivity index (χ3v) is 7.74. The number of hydrogen-bond donors (Lipinski definition) is 2. The number of aromatic amines is 1. The summed E-state index contributed by atoms with van der Waals surface area (Å²) < 4.78 is 15.0. The van der Waals surface area contributed by atoms with Gasteiger partial charge in [0.15, 0.2) is 0 Å². The van der Waals surface area contributed by atoms with Gasteiger partial charge in [0.25, 0.3) is 5.91 Å². The van der Waals surface area contributed by atoms with Crippen LogP contribution in [-0.4, -0.2) is 44.8 Å². The van der Waals surface area contributed by atoms with Crippen molar-refractivity contribution >= 4 is 34.1 Å². The largest absolute Gasteiger partial charge is 0.345 e. The molecule has 1 fully saturated rings. The number of fused-ring (bicyclic) bond motifs is 1. The highest BCUT2D eigenvalue weighted by molar-refractivity contribution is 6.06. The van der Waals surface area contributed by atoms with Gasteiger partial charge in [0.1, 0.15) is 17.8 Å². The minimum atomic E-state index is -0.473. The zero-order valence-electron chi connectivity index (χ0n) is 22.5. The van der Waals surface area contributed by atoms with Gasteiger partial charge in [-0.05, 0) is 86.1 Å². The van der Waals surface area contributed by atoms with Crippen molar-refractivity contribution in [2.45, 2.75) is 39.0 Å². The lowest BCUT2D eigenvalue weighted by molar-refractivity contribution is -0.125. The molecule has 202 valence electrons. The summed E-state index contributed by atoms with van der Waals surface area (Å²) in [5.41, 5.74) is 6.67. The van der Waals surface area contributed by atoms with E-state index in [1.54, 1.807) is 17.1 Å². The number of H-pyrrole nitrogens is 1. The summed E-state index contributed by atoms with van der Waals surface area (Å²) in [5.74, 6) is -0.165. The first-order valence-corrected chi connectivity index (χ1v) is 13.6. The maximum Gasteiger partial charge on any atom is 0.255 e. The number of carbonyl (C=O) groups excluding carboxylic acids is 2. The highest BCUT2D eigenvalue weighted by atomic mass is 19.1. The molecule has 40 heavy (non-hydrogen) atoms. The molecular weight excluding hydrogens is 505 g/mol. The molecule has 1 saturated carbocycles. The third-order valence-electron chi connectivity index (χ3n) is 7.74. The molecule has 0 radical (unpaired) electrons. The molecule has 6 rings (SSSR count). The molecule has 3 heterocycles. The highest BCUT2D eigenvalue weighted by Crippen LogP contribution is 2.40. The maximum atomic E-state index is 15.0. The molecule has 0 unspecified atom stereocenters. The number of aromatic nitrogens is 3. The van der Waals surface area contributed by atoms with Gasteiger partial charge in [-0.1, -0.05) is 24.3 Å². The van der Waals surface area contributed by atoms with E-state index in [1.165, 1.54) is 36.9 Å². The fraction of sp³-hybridized carbons (Fsp3) is 0.250. The second kappa shape index (κ2) is 10.5. The van der Waals surface area contributed by atoms with Crippen LogP contribution >= 0.6 is 0 Å². The first-order chi connectivity index (χ1) is 19.4. The molecule has 0 saturated heterocycles. The number of carbonyl (C=O) groups is 2. The average Bonchev–Trinajstić information content (AvgIpc) is 3.73. The number of benzene rings is 2. The Morgan fingerprint density at radius 2 is 1.93 bits per heavy atom. The predicted octanol–water partition coefficient (Wildman–Crippen LogP) is 6.39. The van der Waals surface area contributed by atoms with Gasteiger partial charge in [-0.25, -0.2) is 14.4 Å². The Hall–Kier alpha value is -4.59. The van der Waals surface area contributed by atoms with Crippen molar-refractivity contribution in [3.8, 4) is 11.3 Å². The Kier molecular flexibility index (Phi) is 6.76. The van der Waals surface area contributed by atoms with Gasteiger partial charge in [0.05, 0.1) is 11.1 Å². The van der Waals surface area contributed by atoms with Crippen LogP contribution in [0.4, 0.5) is 10.1 Å². The Bertz CT molecular complexity index is 1680. The molecule has 4 aromatic rings. The van der Waals surface area contributed by atoms with Crippen LogP contribution in [0.15, 0.2) is 67.2 Å². The van der Waals surface area contributed by atoms with E-state index in [4.69, 9.17) is 0 Å². The van der Waals surface area contributed by atoms with Crippen molar-refractivity contribution in [3.63, 3.8) is 0 Å². The van der Waals surface area contributed by atoms with Gasteiger partial charge in [-0.15, -0.1) is 0 Å². The summed E-state index contributed by atoms with van der Waals surface area (Å²) in [6, 6.07) is 10.4. The SMILES string of the molecule is C/C=C/C(=O)N1CC=C(c2c[nH]c3ncnc(-c4cc(F)cc(NC(=O)c5ccc(C6CC6)cc5)c4C)c23)CC1. The van der Waals surface area contributed by atoms with E-state index >= 15 is 4.39 Å². The third kappa shape index (κ3) is 4.93. The summed E-state index contributed by atoms with van der Waals surface area (Å²) in [4.78, 5) is 39.3. The lowest BCUT2D eigenvalue weighted by Gasteiger charge is -2.25. The van der Waals surface area contributed by atoms with E-state index in [0.717, 1.165) is 16.5 Å². The average molecular weight is 536 g/mol. The van der Waals surface area contributed by atoms with Crippen LogP contribution < -0.4 is 5.32 Å². The molecule has 2 N–H and O–H groups in total. The molecule has 2 amide bonds. The van der Waals surface area contributed by atoms with Crippen LogP contribution in [0.25, 0.3) is 27.9 Å². The molecule has 1 aliphatic heterocycles. The van der Waals surface area contributed by atoms with Gasteiger partial charge in [-0.3, -0.25) is 9.59 Å². The van der Waals surface area contributed by atoms with Crippen molar-refractivity contribution in [2.75, 3.05) is 18.4 Å². The lowest BCUT2D eigenvalue weighted by Crippen LogP contribution is -2.33. The van der Waals surface area contributed by atoms with E-state index in [2.05, 4.69) is 20.3 Å². The van der Waals surface area contributed by atoms with E-state index < -0.39 is 5.82 Å². The monoisotopic (exact) mass is 535 g/mol. The Morgan fingerprint density at radius 3 is 2.62 bits per heavy atom. The number of nitrogens with one attached hydrogen (secondary N) is 2. The van der Waals surface area contributed by atoms with Gasteiger partial charge in [0.2, 0.25) is 5.91 Å². The minimum Gasteiger partial charge on any atom is -0.345 e. The van der Waals surface area contributed by atoms with E-state index in [-0.39, 0.29) is 11.8 Å². The molecule has 7 nitrogen and oxygen atoms in total. The van der Waals surface area contributed by atoms with Crippen LogP contribution in [0, 0.1) is 12.7 Å². The number of rotatable bonds is 6. The van der Waals surface area contributed by atoms with Gasteiger partial charge in [-0.2, -0.15) is 0 Å². The normalized spacial score (nSPS) is 15.5. The first kappa shape index (κ1) is 25.7. The summed E-state index contributed by atoms with van der Waals surface area (Å²) in [7, 11) is 0. The Morgan fingerprint density at radius 1 is 1.12 bits per heavy atom. The Balaban J connectivity index is 1.33. The molecule has 0 bridgehead atoms. The van der Waals surface area contributed by atoms with Crippen molar-refractivity contribution in [2.24, 2.45) is 0 Å². The van der Waals surface area contributed by atoms with Gasteiger partial charge in [0, 0.05) is 41.7 Å². The summed E-state index contributed by atoms with van der Waals surface area (Å²) in [6.45, 7) is 4.78. The number of nitrogens with zero attached hydrogens (tertiary/aromatic N) is 3. The van der Waals surface area contributed by atoms with Crippen molar-refractivity contribution in [1.82, 2.24) is 19.9 Å². The van der Waals surface area contributed by atoms with E-state index in [9.17, 15) is 9.59 Å². The number of halogens is 1. The molecule has 0 spiro atoms. The molecule has 2 aliphatic rings. The number of allylic oxidation sites excluding steroid dienone is 1. The zero-order chi connectivity index (χ0) is 27.8. The van der Waals surface area contributed by atoms with Crippen LogP contribution in [0.2, 0.25) is 0 Å². The summed E-state index contributed by atoms with van der Waals surface area (Å²) >= 11 is 0. The molecule has 2 aromatic carbocycles. The van der Waals surface area contributed by atoms with Crippen LogP contribution in [0.3, 0.4) is 0 Å². The fourth-order valence-corrected chi connectivity index (χ4v) is 5.35. The van der Waals surface area contributed by atoms with Crippen LogP contribution in [0.5, 0.6) is 0 Å². The standard InChI is InChI=1S/C32H30FN5O2/c1-3-4-28(39)38-13-11-22(12-14-38)26-17-34-31-29(26)30(35-18-36-31)25-15-24(33)16-27(19(25)2)37-32(40)23-9-7-21(8-10-23)20-5-6-20/h3-4,7-11,15-18,20H,5-6,12-14H2,1-2H3,(H,37,40)(H,34,35,36)/b4-3+. The van der Waals surface area contributed by atoms with Crippen molar-refractivity contribution in [1.29, 1.82) is 0 Å². The summed E-state index contributed by atoms with van der Waals surface area (Å²) in [6.07, 6.45) is 11.8. The number of amides is 2. The molecule has 0 atom stereocenters. The Labute approximate surface area is 231 Å². The highest BCUT2D eigenvalue weighted by Gasteiger charge is 2.24. The first-order valence-electron chi connectivity index (χ1n) is 13.6. The molecule has 2 aromatic heterocycles. The molecule has 1 aliphatic carbocycles. The smallest absolute Gasteiger partial charge is 0.255 e. The van der Waals surface area contributed by atoms with Gasteiger partial charge < -0.3 is 15.2 Å². The predicted molar refractivity (Wildman–Crippen MR) is 154 cm³/mol. The second-order valence-corrected chi connectivity index (χ2v) is 10.4. The van der Waals surface area contributed by atoms with E-state index in [0.29, 0.717) is 59.1 Å². The summed E-state index contributed by atoms with van der Waals surface area (Å²) in [5, 5.41) is 3.68. The van der Waals surface area contributed by atoms with Crippen molar-refractivity contribution < 1.29 is 14.0 Å². The fourth-order valence-electron chi connectivity index (χ4n) is 5.35. The number of hydrogen-bond acceptors (Lipinski definition) is 4. The van der Waals surface area contributed by atoms with Crippen molar-refractivity contribution in [3.05, 3.63) is 95.2 Å². The zero-order valence-corrected chi connectivity index (χ0v) is 22.5. The van der Waals surface area contributed by atoms with Crippen LogP contribution in [0.1, 0.15) is 59.2 Å². The minimum absolute atomic E-state index is 0.00966. The van der Waals surface area contributed by atoms with Gasteiger partial charge >= 0.3 is 0 Å². The second-order valence-electron chi connectivity index (χ2n) is 10.4. The van der Waals surface area contributed by atoms with Crippen LogP contribution in [-0.2, 0) is 4.79 Å². The van der Waals surface area contributed by atoms with E-state index in [1.807, 2.05) is 50.4 Å².